The molecule has 0 atom stereocenters. The summed E-state index contributed by atoms with van der Waals surface area (Å²) in [6.45, 7) is 6.33. The zero-order valence-electron chi connectivity index (χ0n) is 12.1. The highest BCUT2D eigenvalue weighted by molar-refractivity contribution is 6.00. The van der Waals surface area contributed by atoms with E-state index in [2.05, 4.69) is 24.2 Å². The van der Waals surface area contributed by atoms with Crippen LogP contribution >= 0.6 is 0 Å². The molecule has 0 aromatic heterocycles. The summed E-state index contributed by atoms with van der Waals surface area (Å²) in [5, 5.41) is 12.2. The van der Waals surface area contributed by atoms with Crippen molar-refractivity contribution in [3.8, 4) is 5.75 Å². The minimum absolute atomic E-state index is 0.502. The van der Waals surface area contributed by atoms with Gasteiger partial charge in [-0.15, -0.1) is 0 Å². The second kappa shape index (κ2) is 6.24. The van der Waals surface area contributed by atoms with E-state index in [1.165, 1.54) is 5.56 Å². The zero-order chi connectivity index (χ0) is 14.5. The molecule has 2 rings (SSSR count). The lowest BCUT2D eigenvalue weighted by atomic mass is 10.1. The number of hydrogen-bond acceptors (Lipinski definition) is 3. The Hall–Kier alpha value is -2.29. The standard InChI is InChI=1S/C17H19NO2/c1-12-8-9-16(14(3)18-19)17(10-12)20-11-15-7-5-4-6-13(15)2/h4-10,19H,11H2,1-3H3. The van der Waals surface area contributed by atoms with E-state index in [-0.39, 0.29) is 0 Å². The Labute approximate surface area is 119 Å². The van der Waals surface area contributed by atoms with Gasteiger partial charge in [-0.1, -0.05) is 35.5 Å². The van der Waals surface area contributed by atoms with Gasteiger partial charge in [-0.25, -0.2) is 0 Å². The minimum atomic E-state index is 0.502. The summed E-state index contributed by atoms with van der Waals surface area (Å²) in [6, 6.07) is 14.0. The van der Waals surface area contributed by atoms with E-state index < -0.39 is 0 Å². The first-order valence-corrected chi connectivity index (χ1v) is 6.59. The molecule has 0 saturated heterocycles. The third-order valence-electron chi connectivity index (χ3n) is 3.32. The SMILES string of the molecule is CC(=NO)c1ccc(C)cc1OCc1ccccc1C. The van der Waals surface area contributed by atoms with E-state index in [1.807, 2.05) is 37.3 Å². The average Bonchev–Trinajstić information content (AvgIpc) is 2.46. The van der Waals surface area contributed by atoms with Gasteiger partial charge in [0.25, 0.3) is 0 Å². The van der Waals surface area contributed by atoms with E-state index in [0.29, 0.717) is 12.3 Å². The fourth-order valence-corrected chi connectivity index (χ4v) is 2.03. The number of nitrogens with zero attached hydrogens (tertiary/aromatic N) is 1. The van der Waals surface area contributed by atoms with Crippen LogP contribution in [0.2, 0.25) is 0 Å². The summed E-state index contributed by atoms with van der Waals surface area (Å²) in [5.41, 5.74) is 4.82. The Balaban J connectivity index is 2.25. The number of rotatable bonds is 4. The Morgan fingerprint density at radius 1 is 1.15 bits per heavy atom. The molecule has 0 spiro atoms. The van der Waals surface area contributed by atoms with Gasteiger partial charge < -0.3 is 9.94 Å². The second-order valence-electron chi connectivity index (χ2n) is 4.90. The molecule has 0 amide bonds. The van der Waals surface area contributed by atoms with Gasteiger partial charge >= 0.3 is 0 Å². The van der Waals surface area contributed by atoms with Crippen molar-refractivity contribution in [2.75, 3.05) is 0 Å². The molecular formula is C17H19NO2. The third kappa shape index (κ3) is 3.18. The van der Waals surface area contributed by atoms with Crippen LogP contribution in [0.3, 0.4) is 0 Å². The van der Waals surface area contributed by atoms with Gasteiger partial charge in [-0.05, 0) is 49.6 Å². The number of aryl methyl sites for hydroxylation is 2. The van der Waals surface area contributed by atoms with E-state index in [1.54, 1.807) is 6.92 Å². The number of hydrogen-bond donors (Lipinski definition) is 1. The normalized spacial score (nSPS) is 11.4. The monoisotopic (exact) mass is 269 g/mol. The zero-order valence-corrected chi connectivity index (χ0v) is 12.1. The van der Waals surface area contributed by atoms with Crippen LogP contribution in [0.4, 0.5) is 0 Å². The van der Waals surface area contributed by atoms with Gasteiger partial charge in [0, 0.05) is 5.56 Å². The maximum Gasteiger partial charge on any atom is 0.129 e. The van der Waals surface area contributed by atoms with Crippen molar-refractivity contribution in [1.82, 2.24) is 0 Å². The Morgan fingerprint density at radius 3 is 2.60 bits per heavy atom. The lowest BCUT2D eigenvalue weighted by Crippen LogP contribution is -2.04. The molecule has 104 valence electrons. The van der Waals surface area contributed by atoms with Crippen molar-refractivity contribution < 1.29 is 9.94 Å². The van der Waals surface area contributed by atoms with Crippen molar-refractivity contribution in [2.45, 2.75) is 27.4 Å². The number of oxime groups is 1. The molecule has 0 heterocycles. The molecule has 0 unspecified atom stereocenters. The maximum atomic E-state index is 8.94. The largest absolute Gasteiger partial charge is 0.488 e. The lowest BCUT2D eigenvalue weighted by Gasteiger charge is -2.13. The maximum absolute atomic E-state index is 8.94. The molecule has 0 aliphatic heterocycles. The summed E-state index contributed by atoms with van der Waals surface area (Å²) in [7, 11) is 0. The van der Waals surface area contributed by atoms with E-state index >= 15 is 0 Å². The van der Waals surface area contributed by atoms with E-state index in [9.17, 15) is 0 Å². The van der Waals surface area contributed by atoms with Crippen LogP contribution in [-0.2, 0) is 6.61 Å². The fourth-order valence-electron chi connectivity index (χ4n) is 2.03. The van der Waals surface area contributed by atoms with E-state index in [0.717, 1.165) is 22.4 Å². The van der Waals surface area contributed by atoms with E-state index in [4.69, 9.17) is 9.94 Å². The Kier molecular flexibility index (Phi) is 4.41. The van der Waals surface area contributed by atoms with Crippen molar-refractivity contribution in [3.63, 3.8) is 0 Å². The summed E-state index contributed by atoms with van der Waals surface area (Å²) in [5.74, 6) is 0.739. The fraction of sp³-hybridized carbons (Fsp3) is 0.235. The molecule has 0 radical (unpaired) electrons. The summed E-state index contributed by atoms with van der Waals surface area (Å²) >= 11 is 0. The van der Waals surface area contributed by atoms with Gasteiger partial charge in [0.1, 0.15) is 12.4 Å². The van der Waals surface area contributed by atoms with Crippen LogP contribution < -0.4 is 4.74 Å². The van der Waals surface area contributed by atoms with Crippen molar-refractivity contribution in [2.24, 2.45) is 5.16 Å². The highest BCUT2D eigenvalue weighted by Crippen LogP contribution is 2.23. The first-order chi connectivity index (χ1) is 9.61. The molecule has 2 aromatic carbocycles. The molecule has 0 aliphatic carbocycles. The predicted molar refractivity (Wildman–Crippen MR) is 80.7 cm³/mol. The van der Waals surface area contributed by atoms with Gasteiger partial charge in [0.2, 0.25) is 0 Å². The average molecular weight is 269 g/mol. The van der Waals surface area contributed by atoms with Crippen LogP contribution in [0.25, 0.3) is 0 Å². The third-order valence-corrected chi connectivity index (χ3v) is 3.32. The number of ether oxygens (including phenoxy) is 1. The predicted octanol–water partition coefficient (Wildman–Crippen LogP) is 4.08. The van der Waals surface area contributed by atoms with Crippen LogP contribution in [0.15, 0.2) is 47.6 Å². The number of benzene rings is 2. The minimum Gasteiger partial charge on any atom is -0.488 e. The quantitative estimate of drug-likeness (QED) is 0.516. The lowest BCUT2D eigenvalue weighted by molar-refractivity contribution is 0.302. The van der Waals surface area contributed by atoms with Gasteiger partial charge in [0.05, 0.1) is 5.71 Å². The van der Waals surface area contributed by atoms with Crippen molar-refractivity contribution in [1.29, 1.82) is 0 Å². The highest BCUT2D eigenvalue weighted by Gasteiger charge is 2.08. The summed E-state index contributed by atoms with van der Waals surface area (Å²) in [4.78, 5) is 0. The Morgan fingerprint density at radius 2 is 1.90 bits per heavy atom. The van der Waals surface area contributed by atoms with Crippen LogP contribution in [0.5, 0.6) is 5.75 Å². The molecule has 0 bridgehead atoms. The Bertz CT molecular complexity index is 633. The van der Waals surface area contributed by atoms with Gasteiger partial charge in [-0.2, -0.15) is 0 Å². The molecule has 0 fully saturated rings. The van der Waals surface area contributed by atoms with Crippen molar-refractivity contribution >= 4 is 5.71 Å². The molecule has 3 nitrogen and oxygen atoms in total. The first-order valence-electron chi connectivity index (χ1n) is 6.59. The summed E-state index contributed by atoms with van der Waals surface area (Å²) in [6.07, 6.45) is 0. The first kappa shape index (κ1) is 14.1. The van der Waals surface area contributed by atoms with Crippen LogP contribution in [0.1, 0.15) is 29.2 Å². The molecule has 20 heavy (non-hydrogen) atoms. The van der Waals surface area contributed by atoms with Crippen LogP contribution in [0, 0.1) is 13.8 Å². The second-order valence-corrected chi connectivity index (χ2v) is 4.90. The van der Waals surface area contributed by atoms with Crippen molar-refractivity contribution in [3.05, 3.63) is 64.7 Å². The van der Waals surface area contributed by atoms with Crippen LogP contribution in [-0.4, -0.2) is 10.9 Å². The van der Waals surface area contributed by atoms with Gasteiger partial charge in [0.15, 0.2) is 0 Å². The molecule has 1 N–H and O–H groups in total. The highest BCUT2D eigenvalue weighted by atomic mass is 16.5. The summed E-state index contributed by atoms with van der Waals surface area (Å²) < 4.78 is 5.92. The van der Waals surface area contributed by atoms with Gasteiger partial charge in [-0.3, -0.25) is 0 Å². The molecule has 0 aliphatic rings. The molecule has 3 heteroatoms. The topological polar surface area (TPSA) is 41.8 Å². The molecule has 0 saturated carbocycles. The smallest absolute Gasteiger partial charge is 0.129 e. The molecular weight excluding hydrogens is 250 g/mol. The molecule has 2 aromatic rings.